The summed E-state index contributed by atoms with van der Waals surface area (Å²) in [5.74, 6) is -2.80. The predicted octanol–water partition coefficient (Wildman–Crippen LogP) is 4.88. The quantitative estimate of drug-likeness (QED) is 0.531. The highest BCUT2D eigenvalue weighted by Crippen LogP contribution is 2.44. The number of aliphatic carboxylic acids is 1. The molecule has 0 aliphatic heterocycles. The van der Waals surface area contributed by atoms with Crippen LogP contribution in [0.2, 0.25) is 0 Å². The largest absolute Gasteiger partial charge is 0.479 e. The van der Waals surface area contributed by atoms with Gasteiger partial charge in [-0.25, -0.2) is 14.0 Å². The van der Waals surface area contributed by atoms with E-state index in [-0.39, 0.29) is 23.8 Å². The summed E-state index contributed by atoms with van der Waals surface area (Å²) in [5.41, 5.74) is 2.96. The van der Waals surface area contributed by atoms with Crippen LogP contribution in [0.25, 0.3) is 11.1 Å². The van der Waals surface area contributed by atoms with Gasteiger partial charge in [-0.05, 0) is 53.3 Å². The number of carbonyl (C=O) groups excluding carboxylic acids is 2. The van der Waals surface area contributed by atoms with E-state index in [1.54, 1.807) is 0 Å². The number of nitrogens with one attached hydrogen (secondary N) is 1. The summed E-state index contributed by atoms with van der Waals surface area (Å²) in [4.78, 5) is 37.6. The van der Waals surface area contributed by atoms with Crippen molar-refractivity contribution < 1.29 is 28.6 Å². The van der Waals surface area contributed by atoms with Gasteiger partial charge in [-0.15, -0.1) is 0 Å². The fourth-order valence-corrected chi connectivity index (χ4v) is 4.70. The van der Waals surface area contributed by atoms with Crippen LogP contribution in [0.15, 0.2) is 66.7 Å². The molecule has 2 aliphatic rings. The first-order valence-corrected chi connectivity index (χ1v) is 11.2. The summed E-state index contributed by atoms with van der Waals surface area (Å²) in [5, 5.41) is 11.9. The molecule has 2 amide bonds. The van der Waals surface area contributed by atoms with Gasteiger partial charge in [-0.2, -0.15) is 0 Å². The molecule has 1 saturated carbocycles. The van der Waals surface area contributed by atoms with Crippen LogP contribution in [0.4, 0.5) is 14.9 Å². The Balaban J connectivity index is 1.25. The van der Waals surface area contributed by atoms with E-state index in [2.05, 4.69) is 5.32 Å². The third-order valence-electron chi connectivity index (χ3n) is 6.86. The zero-order valence-corrected chi connectivity index (χ0v) is 19.0. The van der Waals surface area contributed by atoms with E-state index in [0.29, 0.717) is 12.8 Å². The Morgan fingerprint density at radius 3 is 2.17 bits per heavy atom. The Labute approximate surface area is 201 Å². The molecule has 3 aromatic rings. The van der Waals surface area contributed by atoms with Gasteiger partial charge < -0.3 is 14.7 Å². The molecule has 0 unspecified atom stereocenters. The number of amides is 2. The lowest BCUT2D eigenvalue weighted by molar-refractivity contribution is -0.143. The lowest BCUT2D eigenvalue weighted by Gasteiger charge is -2.24. The van der Waals surface area contributed by atoms with Crippen molar-refractivity contribution >= 4 is 23.7 Å². The maximum absolute atomic E-state index is 14.7. The zero-order valence-electron chi connectivity index (χ0n) is 19.0. The summed E-state index contributed by atoms with van der Waals surface area (Å²) in [7, 11) is 1.35. The van der Waals surface area contributed by atoms with Crippen LogP contribution < -0.4 is 5.32 Å². The molecule has 8 heteroatoms. The number of rotatable bonds is 6. The van der Waals surface area contributed by atoms with Crippen LogP contribution in [-0.2, 0) is 9.53 Å². The molecule has 0 heterocycles. The lowest BCUT2D eigenvalue weighted by atomic mass is 9.98. The first-order chi connectivity index (χ1) is 16.8. The summed E-state index contributed by atoms with van der Waals surface area (Å²) >= 11 is 0. The minimum atomic E-state index is -1.28. The van der Waals surface area contributed by atoms with Gasteiger partial charge in [-0.3, -0.25) is 10.1 Å². The number of carbonyl (C=O) groups is 3. The molecule has 0 atom stereocenters. The fraction of sp³-hybridized carbons (Fsp3) is 0.222. The van der Waals surface area contributed by atoms with Gasteiger partial charge in [0, 0.05) is 18.7 Å². The van der Waals surface area contributed by atoms with E-state index >= 15 is 0 Å². The molecule has 7 nitrogen and oxygen atoms in total. The average Bonchev–Trinajstić information content (AvgIpc) is 3.61. The van der Waals surface area contributed by atoms with E-state index in [4.69, 9.17) is 4.74 Å². The van der Waals surface area contributed by atoms with E-state index in [9.17, 15) is 23.9 Å². The second kappa shape index (κ2) is 8.54. The first kappa shape index (κ1) is 22.6. The highest BCUT2D eigenvalue weighted by atomic mass is 19.1. The van der Waals surface area contributed by atoms with Crippen LogP contribution in [0.3, 0.4) is 0 Å². The molecular weight excluding hydrogens is 451 g/mol. The van der Waals surface area contributed by atoms with Crippen molar-refractivity contribution in [3.63, 3.8) is 0 Å². The molecule has 2 aliphatic carbocycles. The summed E-state index contributed by atoms with van der Waals surface area (Å²) in [6, 6.07) is 19.6. The van der Waals surface area contributed by atoms with E-state index in [1.165, 1.54) is 19.2 Å². The molecule has 0 saturated heterocycles. The number of hydrogen-bond acceptors (Lipinski definition) is 4. The van der Waals surface area contributed by atoms with Gasteiger partial charge in [0.25, 0.3) is 5.91 Å². The van der Waals surface area contributed by atoms with Gasteiger partial charge in [0.2, 0.25) is 0 Å². The zero-order chi connectivity index (χ0) is 24.7. The number of halogens is 1. The summed E-state index contributed by atoms with van der Waals surface area (Å²) in [6.45, 7) is 0.112. The normalized spacial score (nSPS) is 15.0. The Hall–Kier alpha value is -4.20. The van der Waals surface area contributed by atoms with Gasteiger partial charge in [0.15, 0.2) is 0 Å². The van der Waals surface area contributed by atoms with Crippen molar-refractivity contribution in [2.45, 2.75) is 24.3 Å². The molecule has 0 spiro atoms. The highest BCUT2D eigenvalue weighted by Gasteiger charge is 2.55. The summed E-state index contributed by atoms with van der Waals surface area (Å²) in [6.07, 6.45) is -0.0911. The number of nitrogens with zero attached hydrogens (tertiary/aromatic N) is 1. The lowest BCUT2D eigenvalue weighted by Crippen LogP contribution is -2.44. The number of anilines is 1. The van der Waals surface area contributed by atoms with E-state index in [1.807, 2.05) is 48.5 Å². The second-order valence-corrected chi connectivity index (χ2v) is 8.85. The molecule has 0 bridgehead atoms. The maximum Gasteiger partial charge on any atom is 0.411 e. The van der Waals surface area contributed by atoms with E-state index in [0.717, 1.165) is 33.2 Å². The SMILES string of the molecule is CN(C(=O)c1ccc(NC(=O)OCC2c3ccccc3-c3ccccc32)cc1F)C1(C(=O)O)CC1. The Bertz CT molecular complexity index is 1310. The van der Waals surface area contributed by atoms with Crippen LogP contribution in [0, 0.1) is 5.82 Å². The molecule has 1 fully saturated rings. The molecular formula is C27H23FN2O5. The molecule has 5 rings (SSSR count). The minimum Gasteiger partial charge on any atom is -0.479 e. The number of fused-ring (bicyclic) bond motifs is 3. The monoisotopic (exact) mass is 474 g/mol. The highest BCUT2D eigenvalue weighted by molar-refractivity contribution is 5.99. The van der Waals surface area contributed by atoms with Gasteiger partial charge in [0.1, 0.15) is 18.0 Å². The molecule has 178 valence electrons. The molecule has 3 aromatic carbocycles. The number of benzene rings is 3. The minimum absolute atomic E-state index is 0.107. The van der Waals surface area contributed by atoms with Crippen molar-refractivity contribution in [1.82, 2.24) is 4.90 Å². The Morgan fingerprint density at radius 2 is 1.63 bits per heavy atom. The fourth-order valence-electron chi connectivity index (χ4n) is 4.70. The standard InChI is InChI=1S/C27H23FN2O5/c1-30(27(12-13-27)25(32)33)24(31)21-11-10-16(14-23(21)28)29-26(34)35-15-22-19-8-4-2-6-17(19)18-7-3-5-9-20(18)22/h2-11,14,22H,12-13,15H2,1H3,(H,29,34)(H,32,33). The smallest absolute Gasteiger partial charge is 0.411 e. The van der Waals surface area contributed by atoms with Gasteiger partial charge >= 0.3 is 12.1 Å². The van der Waals surface area contributed by atoms with Gasteiger partial charge in [-0.1, -0.05) is 48.5 Å². The number of carboxylic acids is 1. The van der Waals surface area contributed by atoms with Crippen LogP contribution in [-0.4, -0.2) is 47.2 Å². The molecule has 0 aromatic heterocycles. The van der Waals surface area contributed by atoms with Crippen molar-refractivity contribution in [3.05, 3.63) is 89.2 Å². The van der Waals surface area contributed by atoms with Gasteiger partial charge in [0.05, 0.1) is 5.56 Å². The molecule has 0 radical (unpaired) electrons. The van der Waals surface area contributed by atoms with E-state index < -0.39 is 29.3 Å². The first-order valence-electron chi connectivity index (χ1n) is 11.2. The van der Waals surface area contributed by atoms with Crippen LogP contribution in [0.1, 0.15) is 40.2 Å². The third kappa shape index (κ3) is 3.90. The third-order valence-corrected chi connectivity index (χ3v) is 6.86. The van der Waals surface area contributed by atoms with Crippen molar-refractivity contribution in [2.75, 3.05) is 19.0 Å². The number of likely N-dealkylation sites (N-methyl/N-ethyl adjacent to an activating group) is 1. The predicted molar refractivity (Wildman–Crippen MR) is 127 cm³/mol. The molecule has 2 N–H and O–H groups in total. The number of hydrogen-bond donors (Lipinski definition) is 2. The van der Waals surface area contributed by atoms with Crippen LogP contribution in [0.5, 0.6) is 0 Å². The number of carboxylic acid groups (broad SMARTS) is 1. The second-order valence-electron chi connectivity index (χ2n) is 8.85. The Morgan fingerprint density at radius 1 is 1.03 bits per heavy atom. The topological polar surface area (TPSA) is 95.9 Å². The van der Waals surface area contributed by atoms with Crippen LogP contribution >= 0.6 is 0 Å². The number of ether oxygens (including phenoxy) is 1. The van der Waals surface area contributed by atoms with Crippen molar-refractivity contribution in [1.29, 1.82) is 0 Å². The molecule has 35 heavy (non-hydrogen) atoms. The van der Waals surface area contributed by atoms with Crippen molar-refractivity contribution in [3.8, 4) is 11.1 Å². The Kier molecular flexibility index (Phi) is 5.51. The van der Waals surface area contributed by atoms with Crippen molar-refractivity contribution in [2.24, 2.45) is 0 Å². The maximum atomic E-state index is 14.7. The summed E-state index contributed by atoms with van der Waals surface area (Å²) < 4.78 is 20.2. The average molecular weight is 474 g/mol.